The summed E-state index contributed by atoms with van der Waals surface area (Å²) < 4.78 is 50.7. The van der Waals surface area contributed by atoms with Crippen LogP contribution in [-0.2, 0) is 0 Å². The van der Waals surface area contributed by atoms with E-state index in [0.717, 1.165) is 19.3 Å². The normalized spacial score (nSPS) is 13.7. The Morgan fingerprint density at radius 1 is 0.900 bits per heavy atom. The Labute approximate surface area is 171 Å². The topological polar surface area (TPSA) is 67.9 Å². The third-order valence-electron chi connectivity index (χ3n) is 4.89. The van der Waals surface area contributed by atoms with Gasteiger partial charge in [0.15, 0.2) is 29.0 Å². The first-order valence-corrected chi connectivity index (χ1v) is 9.37. The number of amides is 2. The summed E-state index contributed by atoms with van der Waals surface area (Å²) in [5.74, 6) is -5.34. The van der Waals surface area contributed by atoms with Crippen molar-refractivity contribution in [2.24, 2.45) is 0 Å². The van der Waals surface area contributed by atoms with E-state index in [4.69, 9.17) is 9.47 Å². The van der Waals surface area contributed by atoms with E-state index < -0.39 is 28.9 Å². The molecule has 0 atom stereocenters. The van der Waals surface area contributed by atoms with Crippen molar-refractivity contribution < 1.29 is 32.2 Å². The van der Waals surface area contributed by atoms with Crippen molar-refractivity contribution in [1.82, 2.24) is 4.90 Å². The first kappa shape index (κ1) is 21.5. The molecule has 1 aliphatic rings. The summed E-state index contributed by atoms with van der Waals surface area (Å²) in [6, 6.07) is 4.00. The number of ether oxygens (including phenoxy) is 2. The van der Waals surface area contributed by atoms with E-state index in [9.17, 15) is 22.8 Å². The number of hydrogen-bond donors (Lipinski definition) is 1. The maximum Gasteiger partial charge on any atom is 0.256 e. The number of rotatable bonds is 5. The van der Waals surface area contributed by atoms with Gasteiger partial charge in [-0.05, 0) is 37.5 Å². The van der Waals surface area contributed by atoms with Crippen LogP contribution in [0.2, 0.25) is 0 Å². The lowest BCUT2D eigenvalue weighted by atomic mass is 10.1. The monoisotopic (exact) mass is 422 g/mol. The van der Waals surface area contributed by atoms with Gasteiger partial charge in [-0.2, -0.15) is 0 Å². The molecule has 1 N–H and O–H groups in total. The smallest absolute Gasteiger partial charge is 0.256 e. The molecule has 0 unspecified atom stereocenters. The fraction of sp³-hybridized carbons (Fsp3) is 0.333. The summed E-state index contributed by atoms with van der Waals surface area (Å²) >= 11 is 0. The van der Waals surface area contributed by atoms with Crippen molar-refractivity contribution in [2.75, 3.05) is 32.6 Å². The standard InChI is InChI=1S/C21H21F3N2O4/c1-29-17-10-13(21(28)26-6-4-3-5-7-26)16(11-18(17)30-2)25-20(27)12-8-14(22)19(24)15(23)9-12/h8-11H,3-7H2,1-2H3,(H,25,27). The number of carbonyl (C=O) groups is 2. The molecule has 0 aromatic heterocycles. The van der Waals surface area contributed by atoms with Crippen molar-refractivity contribution in [3.63, 3.8) is 0 Å². The van der Waals surface area contributed by atoms with Gasteiger partial charge in [0.2, 0.25) is 0 Å². The highest BCUT2D eigenvalue weighted by Gasteiger charge is 2.25. The van der Waals surface area contributed by atoms with Crippen LogP contribution in [0.25, 0.3) is 0 Å². The Morgan fingerprint density at radius 3 is 2.03 bits per heavy atom. The van der Waals surface area contributed by atoms with Crippen LogP contribution < -0.4 is 14.8 Å². The van der Waals surface area contributed by atoms with Gasteiger partial charge in [-0.1, -0.05) is 0 Å². The second kappa shape index (κ2) is 9.06. The molecule has 2 aromatic rings. The molecule has 0 bridgehead atoms. The van der Waals surface area contributed by atoms with E-state index >= 15 is 0 Å². The Kier molecular flexibility index (Phi) is 6.49. The van der Waals surface area contributed by atoms with Gasteiger partial charge in [-0.3, -0.25) is 9.59 Å². The number of anilines is 1. The van der Waals surface area contributed by atoms with Crippen molar-refractivity contribution in [3.05, 3.63) is 52.8 Å². The van der Waals surface area contributed by atoms with Gasteiger partial charge in [0.05, 0.1) is 25.5 Å². The number of hydrogen-bond acceptors (Lipinski definition) is 4. The largest absolute Gasteiger partial charge is 0.493 e. The van der Waals surface area contributed by atoms with E-state index in [1.807, 2.05) is 0 Å². The Morgan fingerprint density at radius 2 is 1.47 bits per heavy atom. The molecule has 0 aliphatic carbocycles. The molecule has 0 spiro atoms. The van der Waals surface area contributed by atoms with Gasteiger partial charge < -0.3 is 19.7 Å². The summed E-state index contributed by atoms with van der Waals surface area (Å²) in [6.45, 7) is 1.16. The molecule has 30 heavy (non-hydrogen) atoms. The van der Waals surface area contributed by atoms with Crippen LogP contribution in [0, 0.1) is 17.5 Å². The summed E-state index contributed by atoms with van der Waals surface area (Å²) in [5, 5.41) is 2.47. The van der Waals surface area contributed by atoms with Crippen LogP contribution >= 0.6 is 0 Å². The summed E-state index contributed by atoms with van der Waals surface area (Å²) in [5.41, 5.74) is -0.207. The molecular weight excluding hydrogens is 401 g/mol. The maximum atomic E-state index is 13.5. The molecular formula is C21H21F3N2O4. The zero-order valence-corrected chi connectivity index (χ0v) is 16.6. The molecule has 160 valence electrons. The average molecular weight is 422 g/mol. The number of nitrogens with one attached hydrogen (secondary N) is 1. The molecule has 1 heterocycles. The molecule has 6 nitrogen and oxygen atoms in total. The van der Waals surface area contributed by atoms with E-state index in [1.54, 1.807) is 4.90 Å². The number of carbonyl (C=O) groups excluding carboxylic acids is 2. The van der Waals surface area contributed by atoms with Crippen molar-refractivity contribution in [3.8, 4) is 11.5 Å². The van der Waals surface area contributed by atoms with Crippen molar-refractivity contribution >= 4 is 17.5 Å². The molecule has 3 rings (SSSR count). The second-order valence-electron chi connectivity index (χ2n) is 6.81. The number of methoxy groups -OCH3 is 2. The quantitative estimate of drug-likeness (QED) is 0.740. The molecule has 1 aliphatic heterocycles. The number of likely N-dealkylation sites (tertiary alicyclic amines) is 1. The molecule has 1 saturated heterocycles. The summed E-state index contributed by atoms with van der Waals surface area (Å²) in [6.07, 6.45) is 2.77. The zero-order valence-electron chi connectivity index (χ0n) is 16.6. The van der Waals surface area contributed by atoms with Crippen LogP contribution in [0.4, 0.5) is 18.9 Å². The lowest BCUT2D eigenvalue weighted by molar-refractivity contribution is 0.0725. The predicted molar refractivity (Wildman–Crippen MR) is 104 cm³/mol. The first-order chi connectivity index (χ1) is 14.3. The van der Waals surface area contributed by atoms with Gasteiger partial charge in [0.25, 0.3) is 11.8 Å². The van der Waals surface area contributed by atoms with Crippen LogP contribution in [0.3, 0.4) is 0 Å². The van der Waals surface area contributed by atoms with Crippen LogP contribution in [0.5, 0.6) is 11.5 Å². The number of piperidine rings is 1. The van der Waals surface area contributed by atoms with Gasteiger partial charge in [-0.25, -0.2) is 13.2 Å². The highest BCUT2D eigenvalue weighted by atomic mass is 19.2. The number of nitrogens with zero attached hydrogens (tertiary/aromatic N) is 1. The fourth-order valence-electron chi connectivity index (χ4n) is 3.31. The van der Waals surface area contributed by atoms with Crippen molar-refractivity contribution in [1.29, 1.82) is 0 Å². The third-order valence-corrected chi connectivity index (χ3v) is 4.89. The molecule has 1 fully saturated rings. The lowest BCUT2D eigenvalue weighted by Crippen LogP contribution is -2.36. The zero-order chi connectivity index (χ0) is 21.8. The van der Waals surface area contributed by atoms with E-state index in [0.29, 0.717) is 25.2 Å². The van der Waals surface area contributed by atoms with Crippen LogP contribution in [-0.4, -0.2) is 44.0 Å². The molecule has 2 aromatic carbocycles. The number of benzene rings is 2. The summed E-state index contributed by atoms with van der Waals surface area (Å²) in [7, 11) is 2.80. The predicted octanol–water partition coefficient (Wildman–Crippen LogP) is 4.00. The van der Waals surface area contributed by atoms with Crippen LogP contribution in [0.1, 0.15) is 40.0 Å². The third kappa shape index (κ3) is 4.34. The fourth-order valence-corrected chi connectivity index (χ4v) is 3.31. The highest BCUT2D eigenvalue weighted by Crippen LogP contribution is 2.34. The highest BCUT2D eigenvalue weighted by molar-refractivity contribution is 6.09. The van der Waals surface area contributed by atoms with E-state index in [1.165, 1.54) is 26.4 Å². The molecule has 9 heteroatoms. The van der Waals surface area contributed by atoms with Crippen LogP contribution in [0.15, 0.2) is 24.3 Å². The Bertz CT molecular complexity index is 952. The SMILES string of the molecule is COc1cc(NC(=O)c2cc(F)c(F)c(F)c2)c(C(=O)N2CCCCC2)cc1OC. The number of halogens is 3. The van der Waals surface area contributed by atoms with Gasteiger partial charge >= 0.3 is 0 Å². The summed E-state index contributed by atoms with van der Waals surface area (Å²) in [4.78, 5) is 27.3. The Hall–Kier alpha value is -3.23. The van der Waals surface area contributed by atoms with Gasteiger partial charge in [0.1, 0.15) is 0 Å². The maximum absolute atomic E-state index is 13.5. The lowest BCUT2D eigenvalue weighted by Gasteiger charge is -2.28. The minimum absolute atomic E-state index is 0.0818. The molecule has 0 saturated carbocycles. The average Bonchev–Trinajstić information content (AvgIpc) is 2.76. The van der Waals surface area contributed by atoms with Gasteiger partial charge in [-0.15, -0.1) is 0 Å². The molecule has 2 amide bonds. The van der Waals surface area contributed by atoms with Gasteiger partial charge in [0, 0.05) is 24.7 Å². The van der Waals surface area contributed by atoms with E-state index in [2.05, 4.69) is 5.32 Å². The first-order valence-electron chi connectivity index (χ1n) is 9.37. The van der Waals surface area contributed by atoms with Crippen molar-refractivity contribution in [2.45, 2.75) is 19.3 Å². The Balaban J connectivity index is 1.99. The second-order valence-corrected chi connectivity index (χ2v) is 6.81. The minimum atomic E-state index is -1.67. The minimum Gasteiger partial charge on any atom is -0.493 e. The van der Waals surface area contributed by atoms with E-state index in [-0.39, 0.29) is 28.7 Å². The molecule has 0 radical (unpaired) electrons.